The van der Waals surface area contributed by atoms with Crippen molar-refractivity contribution in [3.05, 3.63) is 66.7 Å². The second-order valence-electron chi connectivity index (χ2n) is 9.20. The van der Waals surface area contributed by atoms with E-state index in [-0.39, 0.29) is 27.5 Å². The number of anilines is 2. The first-order valence-electron chi connectivity index (χ1n) is 12.1. The average molecular weight is 653 g/mol. The molecule has 0 fully saturated rings. The van der Waals surface area contributed by atoms with E-state index in [2.05, 4.69) is 21.5 Å². The number of carbonyl (C=O) groups excluding carboxylic acids is 2. The van der Waals surface area contributed by atoms with Crippen LogP contribution >= 0.6 is 0 Å². The summed E-state index contributed by atoms with van der Waals surface area (Å²) in [6, 6.07) is 13.4. The van der Waals surface area contributed by atoms with Crippen molar-refractivity contribution in [2.75, 3.05) is 17.3 Å². The number of rotatable bonds is 10. The number of fused-ring (bicyclic) bond motifs is 2. The molecule has 0 bridgehead atoms. The lowest BCUT2D eigenvalue weighted by atomic mass is 10.1. The van der Waals surface area contributed by atoms with Crippen molar-refractivity contribution in [1.82, 2.24) is 10.7 Å². The zero-order valence-electron chi connectivity index (χ0n) is 22.0. The Kier molecular flexibility index (Phi) is 8.75. The molecule has 0 saturated heterocycles. The molecule has 4 rings (SSSR count). The topological polar surface area (TPSA) is 245 Å². The van der Waals surface area contributed by atoms with Crippen LogP contribution in [0.1, 0.15) is 6.92 Å². The van der Waals surface area contributed by atoms with Crippen LogP contribution in [0.15, 0.2) is 81.4 Å². The van der Waals surface area contributed by atoms with Gasteiger partial charge in [0.1, 0.15) is 10.9 Å². The molecule has 18 heteroatoms. The van der Waals surface area contributed by atoms with E-state index in [0.29, 0.717) is 5.39 Å². The molecule has 1 atom stereocenters. The summed E-state index contributed by atoms with van der Waals surface area (Å²) in [6.45, 7) is 0.780. The third-order valence-corrected chi connectivity index (χ3v) is 8.78. The van der Waals surface area contributed by atoms with Crippen LogP contribution in [0.3, 0.4) is 0 Å². The van der Waals surface area contributed by atoms with Gasteiger partial charge in [0.15, 0.2) is 0 Å². The summed E-state index contributed by atoms with van der Waals surface area (Å²) in [6.07, 6.45) is 0. The number of benzene rings is 4. The van der Waals surface area contributed by atoms with Gasteiger partial charge >= 0.3 is 0 Å². The number of hydrazine groups is 1. The lowest BCUT2D eigenvalue weighted by Gasteiger charge is -2.18. The minimum atomic E-state index is -4.79. The van der Waals surface area contributed by atoms with Gasteiger partial charge in [-0.1, -0.05) is 36.4 Å². The Hall–Kier alpha value is -4.17. The maximum Gasteiger partial charge on any atom is 0.297 e. The molecule has 2 amide bonds. The van der Waals surface area contributed by atoms with Crippen molar-refractivity contribution in [1.29, 1.82) is 0 Å². The smallest absolute Gasteiger partial charge is 0.297 e. The Balaban J connectivity index is 1.46. The number of amides is 2. The van der Waals surface area contributed by atoms with Crippen molar-refractivity contribution < 1.29 is 48.5 Å². The molecule has 1 unspecified atom stereocenters. The normalized spacial score (nSPS) is 13.0. The summed E-state index contributed by atoms with van der Waals surface area (Å²) in [7, 11) is -14.1. The van der Waals surface area contributed by atoms with E-state index in [1.54, 1.807) is 24.3 Å². The molecule has 0 spiro atoms. The Morgan fingerprint density at radius 3 is 2.02 bits per heavy atom. The molecule has 43 heavy (non-hydrogen) atoms. The summed E-state index contributed by atoms with van der Waals surface area (Å²) in [5.74, 6) is -1.55. The number of nitrogens with one attached hydrogen (secondary N) is 4. The highest BCUT2D eigenvalue weighted by Crippen LogP contribution is 2.31. The summed E-state index contributed by atoms with van der Waals surface area (Å²) >= 11 is 0. The predicted molar refractivity (Wildman–Crippen MR) is 155 cm³/mol. The van der Waals surface area contributed by atoms with Crippen LogP contribution in [-0.2, 0) is 39.9 Å². The van der Waals surface area contributed by atoms with Gasteiger partial charge in [0.05, 0.1) is 27.7 Å². The SMILES string of the molecule is CC(NNc1ccc2ccccc2c1S(=O)(=O)O)C(=O)NCC(=O)Nc1cc(S(=O)(=O)O)cc2cc(S(=O)(=O)O)ccc12. The van der Waals surface area contributed by atoms with Gasteiger partial charge < -0.3 is 16.1 Å². The lowest BCUT2D eigenvalue weighted by Crippen LogP contribution is -2.46. The van der Waals surface area contributed by atoms with E-state index in [0.717, 1.165) is 24.3 Å². The molecule has 0 heterocycles. The van der Waals surface area contributed by atoms with E-state index >= 15 is 0 Å². The van der Waals surface area contributed by atoms with Gasteiger partial charge in [0.2, 0.25) is 11.8 Å². The van der Waals surface area contributed by atoms with Crippen LogP contribution in [0.2, 0.25) is 0 Å². The van der Waals surface area contributed by atoms with Crippen LogP contribution in [0.5, 0.6) is 0 Å². The Morgan fingerprint density at radius 2 is 1.37 bits per heavy atom. The van der Waals surface area contributed by atoms with Crippen LogP contribution in [0.4, 0.5) is 11.4 Å². The van der Waals surface area contributed by atoms with E-state index < -0.39 is 69.4 Å². The third kappa shape index (κ3) is 7.43. The zero-order valence-corrected chi connectivity index (χ0v) is 24.4. The minimum absolute atomic E-state index is 0.0404. The number of hydrogen-bond acceptors (Lipinski definition) is 10. The molecule has 0 aliphatic rings. The number of carbonyl (C=O) groups is 2. The first-order valence-corrected chi connectivity index (χ1v) is 16.4. The van der Waals surface area contributed by atoms with Gasteiger partial charge in [-0.25, -0.2) is 5.43 Å². The van der Waals surface area contributed by atoms with Gasteiger partial charge in [-0.3, -0.25) is 23.2 Å². The zero-order chi connectivity index (χ0) is 31.7. The summed E-state index contributed by atoms with van der Waals surface area (Å²) in [5, 5.41) is 5.61. The molecule has 0 saturated carbocycles. The van der Waals surface area contributed by atoms with Crippen molar-refractivity contribution in [2.24, 2.45) is 0 Å². The maximum absolute atomic E-state index is 12.6. The molecule has 4 aromatic carbocycles. The number of hydrogen-bond donors (Lipinski definition) is 7. The molecule has 7 N–H and O–H groups in total. The quantitative estimate of drug-likeness (QED) is 0.0955. The Labute approximate surface area is 245 Å². The molecular weight excluding hydrogens is 628 g/mol. The molecular formula is C25H24N4O11S3. The van der Waals surface area contributed by atoms with E-state index in [4.69, 9.17) is 0 Å². The molecule has 0 radical (unpaired) electrons. The highest BCUT2D eigenvalue weighted by atomic mass is 32.2. The molecule has 15 nitrogen and oxygen atoms in total. The molecule has 4 aromatic rings. The van der Waals surface area contributed by atoms with E-state index in [1.807, 2.05) is 0 Å². The highest BCUT2D eigenvalue weighted by Gasteiger charge is 2.22. The summed E-state index contributed by atoms with van der Waals surface area (Å²) in [4.78, 5) is 23.6. The first kappa shape index (κ1) is 31.8. The van der Waals surface area contributed by atoms with Crippen LogP contribution in [0.25, 0.3) is 21.5 Å². The molecule has 228 valence electrons. The van der Waals surface area contributed by atoms with Crippen molar-refractivity contribution in [3.63, 3.8) is 0 Å². The van der Waals surface area contributed by atoms with E-state index in [9.17, 15) is 48.5 Å². The third-order valence-electron chi connectivity index (χ3n) is 6.14. The van der Waals surface area contributed by atoms with Gasteiger partial charge in [0.25, 0.3) is 30.4 Å². The van der Waals surface area contributed by atoms with Crippen LogP contribution < -0.4 is 21.5 Å². The Morgan fingerprint density at radius 1 is 0.721 bits per heavy atom. The minimum Gasteiger partial charge on any atom is -0.346 e. The van der Waals surface area contributed by atoms with Crippen molar-refractivity contribution in [3.8, 4) is 0 Å². The monoisotopic (exact) mass is 652 g/mol. The lowest BCUT2D eigenvalue weighted by molar-refractivity contribution is -0.125. The second-order valence-corrected chi connectivity index (χ2v) is 13.4. The van der Waals surface area contributed by atoms with Gasteiger partial charge in [-0.15, -0.1) is 0 Å². The van der Waals surface area contributed by atoms with Gasteiger partial charge in [-0.05, 0) is 48.0 Å². The molecule has 0 aliphatic carbocycles. The molecule has 0 aromatic heterocycles. The van der Waals surface area contributed by atoms with Gasteiger partial charge in [-0.2, -0.15) is 25.3 Å². The van der Waals surface area contributed by atoms with Crippen LogP contribution in [0, 0.1) is 0 Å². The van der Waals surface area contributed by atoms with Gasteiger partial charge in [0, 0.05) is 10.8 Å². The predicted octanol–water partition coefficient (Wildman–Crippen LogP) is 1.79. The fourth-order valence-corrected chi connectivity index (χ4v) is 6.04. The highest BCUT2D eigenvalue weighted by molar-refractivity contribution is 7.86. The Bertz CT molecular complexity index is 2090. The van der Waals surface area contributed by atoms with Crippen LogP contribution in [-0.4, -0.2) is 63.3 Å². The second kappa shape index (κ2) is 11.8. The largest absolute Gasteiger partial charge is 0.346 e. The molecule has 0 aliphatic heterocycles. The fraction of sp³-hybridized carbons (Fsp3) is 0.120. The maximum atomic E-state index is 12.6. The standard InChI is InChI=1S/C25H24N4O11S3/c1-14(28-29-21-9-6-15-4-2-3-5-20(15)24(21)43(38,39)40)25(31)26-13-23(30)27-22-12-18(42(35,36)37)11-16-10-17(41(32,33)34)7-8-19(16)22/h2-12,14,28-29H,13H2,1H3,(H,26,31)(H,27,30)(H,32,33,34)(H,35,36,37)(H,38,39,40). The first-order chi connectivity index (χ1) is 19.9. The van der Waals surface area contributed by atoms with E-state index in [1.165, 1.54) is 25.1 Å². The van der Waals surface area contributed by atoms with Crippen molar-refractivity contribution >= 4 is 75.1 Å². The summed E-state index contributed by atoms with van der Waals surface area (Å²) in [5.41, 5.74) is 4.98. The average Bonchev–Trinajstić information content (AvgIpc) is 2.92. The van der Waals surface area contributed by atoms with Crippen molar-refractivity contribution in [2.45, 2.75) is 27.7 Å². The fourth-order valence-electron chi connectivity index (χ4n) is 4.12. The summed E-state index contributed by atoms with van der Waals surface area (Å²) < 4.78 is 99.2.